The largest absolute Gasteiger partial charge is 0.364 e. The summed E-state index contributed by atoms with van der Waals surface area (Å²) in [4.78, 5) is 27.3. The Labute approximate surface area is 84.5 Å². The standard InChI is InChI=1S/C10H17NO3/c1-5-9(8(4)12)10(13)14-11(6-2)7-3/h5H,6-7H2,1-4H3. The van der Waals surface area contributed by atoms with Crippen molar-refractivity contribution in [2.24, 2.45) is 0 Å². The van der Waals surface area contributed by atoms with Crippen molar-refractivity contribution in [3.05, 3.63) is 11.6 Å². The van der Waals surface area contributed by atoms with Crippen molar-refractivity contribution in [3.8, 4) is 0 Å². The second-order valence-electron chi connectivity index (χ2n) is 2.75. The molecule has 0 aliphatic rings. The van der Waals surface area contributed by atoms with Crippen LogP contribution in [0.25, 0.3) is 0 Å². The van der Waals surface area contributed by atoms with Crippen LogP contribution >= 0.6 is 0 Å². The maximum atomic E-state index is 11.4. The molecule has 4 heteroatoms. The topological polar surface area (TPSA) is 46.6 Å². The van der Waals surface area contributed by atoms with E-state index in [0.29, 0.717) is 13.1 Å². The highest BCUT2D eigenvalue weighted by Crippen LogP contribution is 2.02. The van der Waals surface area contributed by atoms with E-state index in [-0.39, 0.29) is 11.4 Å². The molecule has 80 valence electrons. The summed E-state index contributed by atoms with van der Waals surface area (Å²) in [5.74, 6) is -0.853. The van der Waals surface area contributed by atoms with Gasteiger partial charge in [0.1, 0.15) is 0 Å². The van der Waals surface area contributed by atoms with Crippen molar-refractivity contribution in [2.45, 2.75) is 27.7 Å². The predicted molar refractivity (Wildman–Crippen MR) is 53.5 cm³/mol. The number of carbonyl (C=O) groups is 2. The van der Waals surface area contributed by atoms with Gasteiger partial charge in [0.15, 0.2) is 5.78 Å². The minimum atomic E-state index is -0.580. The van der Waals surface area contributed by atoms with E-state index in [9.17, 15) is 9.59 Å². The number of allylic oxidation sites excluding steroid dienone is 1. The smallest absolute Gasteiger partial charge is 0.360 e. The fraction of sp³-hybridized carbons (Fsp3) is 0.600. The molecule has 0 saturated carbocycles. The van der Waals surface area contributed by atoms with Crippen molar-refractivity contribution < 1.29 is 14.4 Å². The van der Waals surface area contributed by atoms with Gasteiger partial charge in [0.2, 0.25) is 0 Å². The molecule has 0 spiro atoms. The van der Waals surface area contributed by atoms with E-state index < -0.39 is 5.97 Å². The monoisotopic (exact) mass is 199 g/mol. The first-order valence-electron chi connectivity index (χ1n) is 4.71. The average molecular weight is 199 g/mol. The first-order valence-corrected chi connectivity index (χ1v) is 4.71. The quantitative estimate of drug-likeness (QED) is 0.290. The summed E-state index contributed by atoms with van der Waals surface area (Å²) in [5.41, 5.74) is 0.0944. The molecule has 0 bridgehead atoms. The van der Waals surface area contributed by atoms with E-state index in [1.54, 1.807) is 6.92 Å². The molecule has 0 amide bonds. The number of nitrogens with zero attached hydrogens (tertiary/aromatic N) is 1. The SMILES string of the molecule is CC=C(C(C)=O)C(=O)ON(CC)CC. The molecule has 0 atom stereocenters. The summed E-state index contributed by atoms with van der Waals surface area (Å²) in [6.07, 6.45) is 1.47. The van der Waals surface area contributed by atoms with Crippen LogP contribution in [0.3, 0.4) is 0 Å². The first-order chi connectivity index (χ1) is 6.56. The normalized spacial score (nSPS) is 11.6. The lowest BCUT2D eigenvalue weighted by molar-refractivity contribution is -0.183. The number of Topliss-reactive ketones (excluding diaryl/α,β-unsaturated/α-hetero) is 1. The molecule has 0 aromatic carbocycles. The van der Waals surface area contributed by atoms with Gasteiger partial charge in [-0.3, -0.25) is 4.79 Å². The summed E-state index contributed by atoms with van der Waals surface area (Å²) < 4.78 is 0. The predicted octanol–water partition coefficient (Wildman–Crippen LogP) is 1.32. The Morgan fingerprint density at radius 3 is 2.07 bits per heavy atom. The number of ketones is 1. The van der Waals surface area contributed by atoms with Crippen LogP contribution in [0.5, 0.6) is 0 Å². The lowest BCUT2D eigenvalue weighted by Gasteiger charge is -2.17. The highest BCUT2D eigenvalue weighted by atomic mass is 16.7. The molecule has 4 nitrogen and oxygen atoms in total. The second-order valence-corrected chi connectivity index (χ2v) is 2.75. The molecule has 0 aliphatic heterocycles. The molecular formula is C10H17NO3. The molecule has 0 heterocycles. The second kappa shape index (κ2) is 6.32. The lowest BCUT2D eigenvalue weighted by Crippen LogP contribution is -2.28. The lowest BCUT2D eigenvalue weighted by atomic mass is 10.2. The number of hydrogen-bond donors (Lipinski definition) is 0. The maximum Gasteiger partial charge on any atom is 0.360 e. The van der Waals surface area contributed by atoms with Gasteiger partial charge in [0, 0.05) is 13.1 Å². The summed E-state index contributed by atoms with van der Waals surface area (Å²) in [6, 6.07) is 0. The van der Waals surface area contributed by atoms with Crippen LogP contribution in [-0.2, 0) is 14.4 Å². The van der Waals surface area contributed by atoms with Gasteiger partial charge >= 0.3 is 5.97 Å². The molecule has 0 fully saturated rings. The van der Waals surface area contributed by atoms with Gasteiger partial charge in [-0.05, 0) is 27.7 Å². The summed E-state index contributed by atoms with van der Waals surface area (Å²) in [6.45, 7) is 7.95. The first kappa shape index (κ1) is 12.8. The number of carbonyl (C=O) groups excluding carboxylic acids is 2. The van der Waals surface area contributed by atoms with Crippen LogP contribution < -0.4 is 0 Å². The Morgan fingerprint density at radius 2 is 1.79 bits per heavy atom. The zero-order chi connectivity index (χ0) is 11.1. The zero-order valence-corrected chi connectivity index (χ0v) is 9.16. The number of hydrogen-bond acceptors (Lipinski definition) is 4. The third-order valence-electron chi connectivity index (χ3n) is 1.81. The highest BCUT2D eigenvalue weighted by Gasteiger charge is 2.17. The van der Waals surface area contributed by atoms with Gasteiger partial charge in [-0.25, -0.2) is 4.79 Å². The minimum absolute atomic E-state index is 0.0944. The summed E-state index contributed by atoms with van der Waals surface area (Å²) in [7, 11) is 0. The third kappa shape index (κ3) is 3.70. The average Bonchev–Trinajstić information content (AvgIpc) is 2.14. The van der Waals surface area contributed by atoms with E-state index in [2.05, 4.69) is 0 Å². The van der Waals surface area contributed by atoms with Gasteiger partial charge in [-0.15, -0.1) is 5.06 Å². The van der Waals surface area contributed by atoms with Crippen molar-refractivity contribution in [1.29, 1.82) is 0 Å². The van der Waals surface area contributed by atoms with E-state index in [1.807, 2.05) is 13.8 Å². The van der Waals surface area contributed by atoms with Crippen molar-refractivity contribution >= 4 is 11.8 Å². The van der Waals surface area contributed by atoms with Crippen LogP contribution in [0, 0.1) is 0 Å². The molecule has 0 radical (unpaired) electrons. The van der Waals surface area contributed by atoms with E-state index in [4.69, 9.17) is 4.84 Å². The van der Waals surface area contributed by atoms with E-state index in [0.717, 1.165) is 0 Å². The van der Waals surface area contributed by atoms with Crippen molar-refractivity contribution in [3.63, 3.8) is 0 Å². The van der Waals surface area contributed by atoms with Gasteiger partial charge < -0.3 is 4.84 Å². The molecule has 0 unspecified atom stereocenters. The fourth-order valence-corrected chi connectivity index (χ4v) is 0.984. The Bertz CT molecular complexity index is 242. The number of rotatable bonds is 5. The van der Waals surface area contributed by atoms with Crippen molar-refractivity contribution in [2.75, 3.05) is 13.1 Å². The molecule has 0 aromatic rings. The maximum absolute atomic E-state index is 11.4. The third-order valence-corrected chi connectivity index (χ3v) is 1.81. The van der Waals surface area contributed by atoms with Crippen LogP contribution in [0.1, 0.15) is 27.7 Å². The van der Waals surface area contributed by atoms with Crippen molar-refractivity contribution in [1.82, 2.24) is 5.06 Å². The molecular weight excluding hydrogens is 182 g/mol. The summed E-state index contributed by atoms with van der Waals surface area (Å²) in [5, 5.41) is 1.49. The van der Waals surface area contributed by atoms with Gasteiger partial charge in [0.05, 0.1) is 5.57 Å². The van der Waals surface area contributed by atoms with Gasteiger partial charge in [-0.2, -0.15) is 0 Å². The van der Waals surface area contributed by atoms with E-state index >= 15 is 0 Å². The van der Waals surface area contributed by atoms with Gasteiger partial charge in [0.25, 0.3) is 0 Å². The Morgan fingerprint density at radius 1 is 1.29 bits per heavy atom. The van der Waals surface area contributed by atoms with Crippen LogP contribution in [0.15, 0.2) is 11.6 Å². The van der Waals surface area contributed by atoms with Crippen LogP contribution in [-0.4, -0.2) is 29.9 Å². The van der Waals surface area contributed by atoms with E-state index in [1.165, 1.54) is 18.1 Å². The fourth-order valence-electron chi connectivity index (χ4n) is 0.984. The van der Waals surface area contributed by atoms with Crippen LogP contribution in [0.2, 0.25) is 0 Å². The Kier molecular flexibility index (Phi) is 5.79. The summed E-state index contributed by atoms with van der Waals surface area (Å²) >= 11 is 0. The number of hydroxylamine groups is 2. The minimum Gasteiger partial charge on any atom is -0.364 e. The Balaban J connectivity index is 4.39. The molecule has 0 saturated heterocycles. The molecule has 0 rings (SSSR count). The molecule has 0 aliphatic carbocycles. The molecule has 14 heavy (non-hydrogen) atoms. The Hall–Kier alpha value is -1.16. The van der Waals surface area contributed by atoms with Crippen LogP contribution in [0.4, 0.5) is 0 Å². The molecule has 0 aromatic heterocycles. The zero-order valence-electron chi connectivity index (χ0n) is 9.16. The molecule has 0 N–H and O–H groups in total. The van der Waals surface area contributed by atoms with Gasteiger partial charge in [-0.1, -0.05) is 6.08 Å². The highest BCUT2D eigenvalue weighted by molar-refractivity contribution is 6.16.